The zero-order valence-corrected chi connectivity index (χ0v) is 16.4. The Kier molecular flexibility index (Phi) is 5.36. The zero-order valence-electron chi connectivity index (χ0n) is 15.6. The molecule has 5 nitrogen and oxygen atoms in total. The van der Waals surface area contributed by atoms with E-state index in [1.54, 1.807) is 11.3 Å². The summed E-state index contributed by atoms with van der Waals surface area (Å²) in [5.74, 6) is -0.0576. The lowest BCUT2D eigenvalue weighted by Gasteiger charge is -2.33. The van der Waals surface area contributed by atoms with E-state index in [2.05, 4.69) is 16.4 Å². The van der Waals surface area contributed by atoms with Crippen molar-refractivity contribution in [3.05, 3.63) is 51.5 Å². The maximum Gasteiger partial charge on any atom is 0.280 e. The van der Waals surface area contributed by atoms with Crippen molar-refractivity contribution in [2.24, 2.45) is 0 Å². The van der Waals surface area contributed by atoms with Crippen molar-refractivity contribution in [1.29, 1.82) is 0 Å². The largest absolute Gasteiger partial charge is 0.317 e. The van der Waals surface area contributed by atoms with Crippen LogP contribution in [0, 0.1) is 0 Å². The van der Waals surface area contributed by atoms with Crippen molar-refractivity contribution in [3.63, 3.8) is 0 Å². The van der Waals surface area contributed by atoms with Gasteiger partial charge >= 0.3 is 0 Å². The molecule has 2 aromatic rings. The summed E-state index contributed by atoms with van der Waals surface area (Å²) in [6.45, 7) is 3.47. The second-order valence-electron chi connectivity index (χ2n) is 7.40. The molecule has 1 unspecified atom stereocenters. The number of thiazole rings is 1. The van der Waals surface area contributed by atoms with Crippen LogP contribution in [-0.4, -0.2) is 34.8 Å². The molecule has 142 valence electrons. The Hall–Kier alpha value is -2.05. The minimum Gasteiger partial charge on any atom is -0.317 e. The molecule has 1 fully saturated rings. The van der Waals surface area contributed by atoms with E-state index in [1.807, 2.05) is 23.6 Å². The molecule has 0 bridgehead atoms. The first-order chi connectivity index (χ1) is 13.1. The number of nitrogens with one attached hydrogen (secondary N) is 1. The summed E-state index contributed by atoms with van der Waals surface area (Å²) in [5, 5.41) is 6.20. The van der Waals surface area contributed by atoms with E-state index in [0.717, 1.165) is 55.8 Å². The summed E-state index contributed by atoms with van der Waals surface area (Å²) in [4.78, 5) is 31.7. The molecule has 0 radical (unpaired) electrons. The lowest BCUT2D eigenvalue weighted by atomic mass is 9.86. The Morgan fingerprint density at radius 3 is 2.74 bits per heavy atom. The quantitative estimate of drug-likeness (QED) is 0.878. The monoisotopic (exact) mass is 383 g/mol. The van der Waals surface area contributed by atoms with E-state index >= 15 is 0 Å². The second-order valence-corrected chi connectivity index (χ2v) is 8.29. The van der Waals surface area contributed by atoms with Gasteiger partial charge in [0.05, 0.1) is 11.0 Å². The van der Waals surface area contributed by atoms with Gasteiger partial charge in [0.25, 0.3) is 5.91 Å². The number of carbonyl (C=O) groups excluding carboxylic acids is 2. The number of carbonyl (C=O) groups is 2. The lowest BCUT2D eigenvalue weighted by molar-refractivity contribution is -0.128. The average molecular weight is 384 g/mol. The molecule has 2 amide bonds. The van der Waals surface area contributed by atoms with Gasteiger partial charge in [-0.25, -0.2) is 4.98 Å². The number of aryl methyl sites for hydroxylation is 1. The van der Waals surface area contributed by atoms with Crippen molar-refractivity contribution in [1.82, 2.24) is 15.2 Å². The third-order valence-corrected chi connectivity index (χ3v) is 6.64. The highest BCUT2D eigenvalue weighted by Gasteiger charge is 2.34. The van der Waals surface area contributed by atoms with Crippen LogP contribution in [0.25, 0.3) is 0 Å². The van der Waals surface area contributed by atoms with E-state index in [4.69, 9.17) is 0 Å². The molecule has 1 aliphatic carbocycles. The van der Waals surface area contributed by atoms with Gasteiger partial charge in [-0.05, 0) is 56.3 Å². The molecule has 1 saturated heterocycles. The summed E-state index contributed by atoms with van der Waals surface area (Å²) < 4.78 is 0. The summed E-state index contributed by atoms with van der Waals surface area (Å²) in [5.41, 5.74) is 2.74. The highest BCUT2D eigenvalue weighted by atomic mass is 32.1. The molecule has 1 atom stereocenters. The predicted molar refractivity (Wildman–Crippen MR) is 106 cm³/mol. The van der Waals surface area contributed by atoms with E-state index in [1.165, 1.54) is 17.4 Å². The number of imide groups is 1. The molecular weight excluding hydrogens is 358 g/mol. The van der Waals surface area contributed by atoms with E-state index in [0.29, 0.717) is 11.6 Å². The van der Waals surface area contributed by atoms with Gasteiger partial charge in [-0.2, -0.15) is 0 Å². The number of hydrogen-bond donors (Lipinski definition) is 1. The first-order valence-electron chi connectivity index (χ1n) is 9.73. The summed E-state index contributed by atoms with van der Waals surface area (Å²) >= 11 is 1.55. The standard InChI is InChI=1S/C21H25N3O2S/c1-14(25)24(19-8-4-6-15-5-2-3-7-17(15)19)21(26)18-13-27-20(23-18)16-9-11-22-12-10-16/h2-3,5,7,13,16,19,22H,4,6,8-12H2,1H3. The number of fused-ring (bicyclic) bond motifs is 1. The average Bonchev–Trinajstić information content (AvgIpc) is 3.19. The van der Waals surface area contributed by atoms with Crippen LogP contribution in [0.1, 0.15) is 71.2 Å². The van der Waals surface area contributed by atoms with Crippen LogP contribution in [0.5, 0.6) is 0 Å². The molecule has 0 spiro atoms. The number of nitrogens with zero attached hydrogens (tertiary/aromatic N) is 2. The number of amides is 2. The maximum absolute atomic E-state index is 13.2. The molecule has 1 aromatic heterocycles. The van der Waals surface area contributed by atoms with Crippen LogP contribution < -0.4 is 5.32 Å². The number of benzene rings is 1. The molecule has 1 aliphatic heterocycles. The summed E-state index contributed by atoms with van der Waals surface area (Å²) in [6, 6.07) is 7.96. The zero-order chi connectivity index (χ0) is 18.8. The molecule has 2 aliphatic rings. The molecule has 4 rings (SSSR count). The van der Waals surface area contributed by atoms with E-state index in [9.17, 15) is 9.59 Å². The van der Waals surface area contributed by atoms with Crippen molar-refractivity contribution < 1.29 is 9.59 Å². The summed E-state index contributed by atoms with van der Waals surface area (Å²) in [7, 11) is 0. The van der Waals surface area contributed by atoms with Gasteiger partial charge in [0.1, 0.15) is 5.69 Å². The van der Waals surface area contributed by atoms with Gasteiger partial charge in [0, 0.05) is 18.2 Å². The fraction of sp³-hybridized carbons (Fsp3) is 0.476. The Balaban J connectivity index is 1.61. The van der Waals surface area contributed by atoms with Crippen LogP contribution >= 0.6 is 11.3 Å². The molecule has 6 heteroatoms. The van der Waals surface area contributed by atoms with Crippen molar-refractivity contribution in [2.75, 3.05) is 13.1 Å². The topological polar surface area (TPSA) is 62.3 Å². The highest BCUT2D eigenvalue weighted by molar-refractivity contribution is 7.09. The molecular formula is C21H25N3O2S. The molecule has 1 aromatic carbocycles. The fourth-order valence-corrected chi connectivity index (χ4v) is 5.23. The van der Waals surface area contributed by atoms with Crippen molar-refractivity contribution in [2.45, 2.75) is 51.0 Å². The number of piperidine rings is 1. The van der Waals surface area contributed by atoms with Gasteiger partial charge in [-0.3, -0.25) is 14.5 Å². The third kappa shape index (κ3) is 3.69. The number of aromatic nitrogens is 1. The minimum absolute atomic E-state index is 0.191. The van der Waals surface area contributed by atoms with Crippen LogP contribution in [0.15, 0.2) is 29.6 Å². The first kappa shape index (κ1) is 18.3. The first-order valence-corrected chi connectivity index (χ1v) is 10.6. The van der Waals surface area contributed by atoms with Crippen LogP contribution in [0.4, 0.5) is 0 Å². The Labute approximate surface area is 163 Å². The maximum atomic E-state index is 13.2. The molecule has 1 N–H and O–H groups in total. The van der Waals surface area contributed by atoms with Crippen LogP contribution in [0.3, 0.4) is 0 Å². The van der Waals surface area contributed by atoms with Crippen LogP contribution in [-0.2, 0) is 11.2 Å². The molecule has 0 saturated carbocycles. The Morgan fingerprint density at radius 2 is 1.96 bits per heavy atom. The SMILES string of the molecule is CC(=O)N(C(=O)c1csc(C2CCNCC2)n1)C1CCCc2ccccc21. The van der Waals surface area contributed by atoms with Gasteiger partial charge in [-0.1, -0.05) is 24.3 Å². The van der Waals surface area contributed by atoms with Crippen molar-refractivity contribution >= 4 is 23.2 Å². The van der Waals surface area contributed by atoms with Gasteiger partial charge in [0.2, 0.25) is 5.91 Å². The van der Waals surface area contributed by atoms with Gasteiger partial charge < -0.3 is 5.32 Å². The second kappa shape index (κ2) is 7.90. The minimum atomic E-state index is -0.263. The normalized spacial score (nSPS) is 20.1. The van der Waals surface area contributed by atoms with Gasteiger partial charge in [0.15, 0.2) is 0 Å². The van der Waals surface area contributed by atoms with E-state index in [-0.39, 0.29) is 17.9 Å². The molecule has 2 heterocycles. The Morgan fingerprint density at radius 1 is 1.19 bits per heavy atom. The van der Waals surface area contributed by atoms with E-state index < -0.39 is 0 Å². The number of hydrogen-bond acceptors (Lipinski definition) is 5. The third-order valence-electron chi connectivity index (χ3n) is 5.64. The fourth-order valence-electron chi connectivity index (χ4n) is 4.27. The summed E-state index contributed by atoms with van der Waals surface area (Å²) in [6.07, 6.45) is 4.90. The number of rotatable bonds is 3. The molecule has 27 heavy (non-hydrogen) atoms. The van der Waals surface area contributed by atoms with Crippen LogP contribution in [0.2, 0.25) is 0 Å². The highest BCUT2D eigenvalue weighted by Crippen LogP contribution is 2.36. The Bertz CT molecular complexity index is 841. The lowest BCUT2D eigenvalue weighted by Crippen LogP contribution is -2.40. The smallest absolute Gasteiger partial charge is 0.280 e. The van der Waals surface area contributed by atoms with Gasteiger partial charge in [-0.15, -0.1) is 11.3 Å². The van der Waals surface area contributed by atoms with Crippen molar-refractivity contribution in [3.8, 4) is 0 Å². The predicted octanol–water partition coefficient (Wildman–Crippen LogP) is 3.68.